The molecule has 3 N–H and O–H groups in total. The van der Waals surface area contributed by atoms with Crippen molar-refractivity contribution in [1.29, 1.82) is 0 Å². The molecule has 0 fully saturated rings. The van der Waals surface area contributed by atoms with Crippen LogP contribution < -0.4 is 20.7 Å². The number of benzene rings is 2. The van der Waals surface area contributed by atoms with Gasteiger partial charge in [0.15, 0.2) is 0 Å². The van der Waals surface area contributed by atoms with Gasteiger partial charge in [-0.3, -0.25) is 4.79 Å². The van der Waals surface area contributed by atoms with Gasteiger partial charge in [0.1, 0.15) is 23.2 Å². The van der Waals surface area contributed by atoms with Crippen LogP contribution in [0.25, 0.3) is 0 Å². The predicted octanol–water partition coefficient (Wildman–Crippen LogP) is 4.11. The Morgan fingerprint density at radius 3 is 2.54 bits per heavy atom. The molecule has 0 saturated heterocycles. The highest BCUT2D eigenvalue weighted by Gasteiger charge is 2.06. The zero-order valence-electron chi connectivity index (χ0n) is 16.1. The Labute approximate surface area is 164 Å². The van der Waals surface area contributed by atoms with Gasteiger partial charge in [-0.05, 0) is 31.2 Å². The standard InChI is InChI=1S/C21H23N5O2/c1-14-23-20(22-13-16-7-4-5-10-19(16)28-3)12-21(24-14)26-18-9-6-8-17(11-18)25-15(2)27/h4-12H,13H2,1-3H3,(H,25,27)(H2,22,23,24,26). The van der Waals surface area contributed by atoms with Crippen LogP contribution in [0, 0.1) is 6.92 Å². The fourth-order valence-electron chi connectivity index (χ4n) is 2.78. The number of aromatic nitrogens is 2. The number of ether oxygens (including phenoxy) is 1. The van der Waals surface area contributed by atoms with E-state index in [1.165, 1.54) is 6.92 Å². The molecule has 1 aromatic heterocycles. The second-order valence-electron chi connectivity index (χ2n) is 6.24. The lowest BCUT2D eigenvalue weighted by Gasteiger charge is -2.12. The van der Waals surface area contributed by atoms with Crippen molar-refractivity contribution in [3.05, 3.63) is 66.0 Å². The van der Waals surface area contributed by atoms with Gasteiger partial charge in [-0.2, -0.15) is 0 Å². The van der Waals surface area contributed by atoms with Crippen LogP contribution in [0.5, 0.6) is 5.75 Å². The van der Waals surface area contributed by atoms with E-state index < -0.39 is 0 Å². The topological polar surface area (TPSA) is 88.2 Å². The van der Waals surface area contributed by atoms with Gasteiger partial charge < -0.3 is 20.7 Å². The third-order valence-corrected chi connectivity index (χ3v) is 3.95. The van der Waals surface area contributed by atoms with Gasteiger partial charge in [0.05, 0.1) is 7.11 Å². The Bertz CT molecular complexity index is 975. The quantitative estimate of drug-likeness (QED) is 0.574. The molecule has 1 amide bonds. The van der Waals surface area contributed by atoms with E-state index in [0.29, 0.717) is 24.0 Å². The number of aryl methyl sites for hydroxylation is 1. The summed E-state index contributed by atoms with van der Waals surface area (Å²) in [6.07, 6.45) is 0. The molecule has 0 radical (unpaired) electrons. The molecule has 144 valence electrons. The van der Waals surface area contributed by atoms with Crippen molar-refractivity contribution >= 4 is 28.9 Å². The van der Waals surface area contributed by atoms with Crippen LogP contribution in [0.3, 0.4) is 0 Å². The van der Waals surface area contributed by atoms with Crippen LogP contribution in [0.4, 0.5) is 23.0 Å². The maximum Gasteiger partial charge on any atom is 0.221 e. The van der Waals surface area contributed by atoms with E-state index in [1.54, 1.807) is 7.11 Å². The summed E-state index contributed by atoms with van der Waals surface area (Å²) in [6.45, 7) is 3.90. The average Bonchev–Trinajstić information content (AvgIpc) is 2.66. The molecule has 3 aromatic rings. The molecule has 28 heavy (non-hydrogen) atoms. The normalized spacial score (nSPS) is 10.2. The molecular weight excluding hydrogens is 354 g/mol. The number of methoxy groups -OCH3 is 1. The molecule has 0 unspecified atom stereocenters. The molecule has 1 heterocycles. The minimum absolute atomic E-state index is 0.113. The highest BCUT2D eigenvalue weighted by molar-refractivity contribution is 5.89. The van der Waals surface area contributed by atoms with Gasteiger partial charge in [0.25, 0.3) is 0 Å². The van der Waals surface area contributed by atoms with Gasteiger partial charge in [-0.15, -0.1) is 0 Å². The zero-order valence-corrected chi connectivity index (χ0v) is 16.1. The second-order valence-corrected chi connectivity index (χ2v) is 6.24. The minimum atomic E-state index is -0.113. The number of hydrogen-bond acceptors (Lipinski definition) is 6. The van der Waals surface area contributed by atoms with Gasteiger partial charge in [-0.1, -0.05) is 24.3 Å². The average molecular weight is 377 g/mol. The van der Waals surface area contributed by atoms with Crippen LogP contribution in [0.2, 0.25) is 0 Å². The van der Waals surface area contributed by atoms with Crippen LogP contribution in [-0.4, -0.2) is 23.0 Å². The molecule has 0 aliphatic rings. The Morgan fingerprint density at radius 1 is 1.00 bits per heavy atom. The SMILES string of the molecule is COc1ccccc1CNc1cc(Nc2cccc(NC(C)=O)c2)nc(C)n1. The number of nitrogens with zero attached hydrogens (tertiary/aromatic N) is 2. The summed E-state index contributed by atoms with van der Waals surface area (Å²) in [7, 11) is 1.66. The van der Waals surface area contributed by atoms with Crippen molar-refractivity contribution in [2.24, 2.45) is 0 Å². The number of rotatable bonds is 7. The maximum absolute atomic E-state index is 11.2. The number of para-hydroxylation sites is 1. The Kier molecular flexibility index (Phi) is 6.06. The number of carbonyl (C=O) groups is 1. The van der Waals surface area contributed by atoms with Crippen LogP contribution in [0.1, 0.15) is 18.3 Å². The van der Waals surface area contributed by atoms with Crippen LogP contribution in [0.15, 0.2) is 54.6 Å². The molecule has 0 spiro atoms. The third kappa shape index (κ3) is 5.20. The summed E-state index contributed by atoms with van der Waals surface area (Å²) in [4.78, 5) is 20.1. The molecule has 3 rings (SSSR count). The number of carbonyl (C=O) groups excluding carboxylic acids is 1. The summed E-state index contributed by atoms with van der Waals surface area (Å²) in [5.41, 5.74) is 2.58. The summed E-state index contributed by atoms with van der Waals surface area (Å²) < 4.78 is 5.38. The Hall–Kier alpha value is -3.61. The molecule has 0 atom stereocenters. The van der Waals surface area contributed by atoms with Crippen molar-refractivity contribution < 1.29 is 9.53 Å². The molecule has 0 bridgehead atoms. The fraction of sp³-hybridized carbons (Fsp3) is 0.190. The molecule has 2 aromatic carbocycles. The zero-order chi connectivity index (χ0) is 19.9. The third-order valence-electron chi connectivity index (χ3n) is 3.95. The number of anilines is 4. The van der Waals surface area contributed by atoms with Crippen LogP contribution in [-0.2, 0) is 11.3 Å². The van der Waals surface area contributed by atoms with E-state index in [-0.39, 0.29) is 5.91 Å². The van der Waals surface area contributed by atoms with E-state index in [2.05, 4.69) is 25.9 Å². The highest BCUT2D eigenvalue weighted by atomic mass is 16.5. The highest BCUT2D eigenvalue weighted by Crippen LogP contribution is 2.22. The summed E-state index contributed by atoms with van der Waals surface area (Å²) in [5.74, 6) is 2.73. The first kappa shape index (κ1) is 19.2. The maximum atomic E-state index is 11.2. The monoisotopic (exact) mass is 377 g/mol. The van der Waals surface area contributed by atoms with E-state index in [9.17, 15) is 4.79 Å². The van der Waals surface area contributed by atoms with E-state index in [0.717, 1.165) is 22.7 Å². The number of amides is 1. The molecular formula is C21H23N5O2. The summed E-state index contributed by atoms with van der Waals surface area (Å²) in [5, 5.41) is 9.33. The van der Waals surface area contributed by atoms with Crippen molar-refractivity contribution in [3.8, 4) is 5.75 Å². The molecule has 7 nitrogen and oxygen atoms in total. The van der Waals surface area contributed by atoms with Gasteiger partial charge in [0.2, 0.25) is 5.91 Å². The van der Waals surface area contributed by atoms with Gasteiger partial charge in [0, 0.05) is 36.5 Å². The van der Waals surface area contributed by atoms with Gasteiger partial charge in [-0.25, -0.2) is 9.97 Å². The summed E-state index contributed by atoms with van der Waals surface area (Å²) >= 11 is 0. The first-order valence-corrected chi connectivity index (χ1v) is 8.89. The molecule has 0 aliphatic carbocycles. The lowest BCUT2D eigenvalue weighted by molar-refractivity contribution is -0.114. The molecule has 0 aliphatic heterocycles. The summed E-state index contributed by atoms with van der Waals surface area (Å²) in [6, 6.07) is 17.1. The Morgan fingerprint density at radius 2 is 1.75 bits per heavy atom. The number of nitrogens with one attached hydrogen (secondary N) is 3. The van der Waals surface area contributed by atoms with E-state index in [1.807, 2.05) is 61.5 Å². The predicted molar refractivity (Wildman–Crippen MR) is 111 cm³/mol. The van der Waals surface area contributed by atoms with Crippen molar-refractivity contribution in [2.75, 3.05) is 23.1 Å². The van der Waals surface area contributed by atoms with E-state index >= 15 is 0 Å². The smallest absolute Gasteiger partial charge is 0.221 e. The molecule has 0 saturated carbocycles. The van der Waals surface area contributed by atoms with Crippen molar-refractivity contribution in [2.45, 2.75) is 20.4 Å². The first-order chi connectivity index (χ1) is 13.5. The van der Waals surface area contributed by atoms with Crippen LogP contribution >= 0.6 is 0 Å². The van der Waals surface area contributed by atoms with Crippen molar-refractivity contribution in [3.63, 3.8) is 0 Å². The second kappa shape index (κ2) is 8.85. The Balaban J connectivity index is 1.74. The first-order valence-electron chi connectivity index (χ1n) is 8.89. The number of hydrogen-bond donors (Lipinski definition) is 3. The lowest BCUT2D eigenvalue weighted by Crippen LogP contribution is -2.07. The van der Waals surface area contributed by atoms with Crippen molar-refractivity contribution in [1.82, 2.24) is 9.97 Å². The molecule has 7 heteroatoms. The lowest BCUT2D eigenvalue weighted by atomic mass is 10.2. The largest absolute Gasteiger partial charge is 0.496 e. The fourth-order valence-corrected chi connectivity index (χ4v) is 2.78. The minimum Gasteiger partial charge on any atom is -0.496 e. The van der Waals surface area contributed by atoms with Gasteiger partial charge >= 0.3 is 0 Å². The van der Waals surface area contributed by atoms with E-state index in [4.69, 9.17) is 4.74 Å².